The maximum absolute atomic E-state index is 11.8. The van der Waals surface area contributed by atoms with Crippen LogP contribution in [0.15, 0.2) is 18.2 Å². The molecule has 1 rings (SSSR count). The zero-order valence-electron chi connectivity index (χ0n) is 11.3. The molecule has 0 bridgehead atoms. The molecule has 0 radical (unpaired) electrons. The molecule has 2 N–H and O–H groups in total. The molecule has 0 saturated heterocycles. The van der Waals surface area contributed by atoms with E-state index in [4.69, 9.17) is 0 Å². The Balaban J connectivity index is 3.18. The molecule has 1 unspecified atom stereocenters. The van der Waals surface area contributed by atoms with Crippen LogP contribution in [0, 0.1) is 6.92 Å². The summed E-state index contributed by atoms with van der Waals surface area (Å²) in [6, 6.07) is 6.05. The number of aryl methyl sites for hydroxylation is 1. The molecule has 3 nitrogen and oxygen atoms in total. The predicted molar refractivity (Wildman–Crippen MR) is 71.1 cm³/mol. The molecule has 0 fully saturated rings. The molecule has 1 atom stereocenters. The van der Waals surface area contributed by atoms with Crippen molar-refractivity contribution >= 4 is 5.91 Å². The van der Waals surface area contributed by atoms with Gasteiger partial charge in [0.25, 0.3) is 0 Å². The number of nitrogens with one attached hydrogen (secondary N) is 2. The van der Waals surface area contributed by atoms with E-state index in [2.05, 4.69) is 42.7 Å². The van der Waals surface area contributed by atoms with Crippen LogP contribution in [-0.4, -0.2) is 20.0 Å². The lowest BCUT2D eigenvalue weighted by Crippen LogP contribution is -2.34. The minimum Gasteiger partial charge on any atom is -0.358 e. The highest BCUT2D eigenvalue weighted by atomic mass is 16.2. The molecule has 0 heterocycles. The lowest BCUT2D eigenvalue weighted by molar-refractivity contribution is -0.122. The van der Waals surface area contributed by atoms with Gasteiger partial charge in [0, 0.05) is 7.05 Å². The van der Waals surface area contributed by atoms with Crippen LogP contribution in [0.2, 0.25) is 0 Å². The maximum Gasteiger partial charge on any atom is 0.241 e. The van der Waals surface area contributed by atoms with Gasteiger partial charge in [0.1, 0.15) is 6.04 Å². The minimum absolute atomic E-state index is 0.00324. The highest BCUT2D eigenvalue weighted by molar-refractivity contribution is 5.83. The summed E-state index contributed by atoms with van der Waals surface area (Å²) in [6.07, 6.45) is 0. The van der Waals surface area contributed by atoms with Crippen LogP contribution >= 0.6 is 0 Å². The second-order valence-electron chi connectivity index (χ2n) is 4.61. The molecule has 17 heavy (non-hydrogen) atoms. The lowest BCUT2D eigenvalue weighted by atomic mass is 9.94. The summed E-state index contributed by atoms with van der Waals surface area (Å²) < 4.78 is 0. The molecule has 0 saturated carbocycles. The Morgan fingerprint density at radius 3 is 2.35 bits per heavy atom. The summed E-state index contributed by atoms with van der Waals surface area (Å²) in [4.78, 5) is 11.8. The van der Waals surface area contributed by atoms with E-state index in [9.17, 15) is 4.79 Å². The molecule has 0 aliphatic carbocycles. The molecule has 0 aliphatic heterocycles. The number of carbonyl (C=O) groups is 1. The van der Waals surface area contributed by atoms with Crippen molar-refractivity contribution in [1.82, 2.24) is 10.6 Å². The van der Waals surface area contributed by atoms with Crippen LogP contribution in [0.4, 0.5) is 0 Å². The zero-order chi connectivity index (χ0) is 13.0. The molecule has 0 aliphatic rings. The van der Waals surface area contributed by atoms with Crippen LogP contribution in [-0.2, 0) is 4.79 Å². The maximum atomic E-state index is 11.8. The Hall–Kier alpha value is -1.35. The van der Waals surface area contributed by atoms with E-state index < -0.39 is 0 Å². The number of hydrogen-bond donors (Lipinski definition) is 2. The molecule has 3 heteroatoms. The van der Waals surface area contributed by atoms with Crippen molar-refractivity contribution in [3.63, 3.8) is 0 Å². The number of amides is 1. The van der Waals surface area contributed by atoms with Crippen LogP contribution < -0.4 is 10.6 Å². The molecule has 1 aromatic carbocycles. The Labute approximate surface area is 104 Å². The van der Waals surface area contributed by atoms with Gasteiger partial charge in [-0.15, -0.1) is 0 Å². The lowest BCUT2D eigenvalue weighted by Gasteiger charge is -2.19. The third-order valence-electron chi connectivity index (χ3n) is 3.08. The van der Waals surface area contributed by atoms with Crippen molar-refractivity contribution in [2.75, 3.05) is 14.1 Å². The third-order valence-corrected chi connectivity index (χ3v) is 3.08. The summed E-state index contributed by atoms with van der Waals surface area (Å²) >= 11 is 0. The van der Waals surface area contributed by atoms with Gasteiger partial charge in [-0.1, -0.05) is 32.0 Å². The number of likely N-dealkylation sites (N-methyl/N-ethyl adjacent to an activating group) is 2. The second-order valence-corrected chi connectivity index (χ2v) is 4.61. The normalized spacial score (nSPS) is 12.6. The Morgan fingerprint density at radius 2 is 1.88 bits per heavy atom. The van der Waals surface area contributed by atoms with Crippen molar-refractivity contribution in [3.8, 4) is 0 Å². The van der Waals surface area contributed by atoms with Gasteiger partial charge in [0.15, 0.2) is 0 Å². The summed E-state index contributed by atoms with van der Waals surface area (Å²) in [5.74, 6) is 0.466. The fourth-order valence-electron chi connectivity index (χ4n) is 1.90. The summed E-state index contributed by atoms with van der Waals surface area (Å²) in [5, 5.41) is 5.75. The molecule has 94 valence electrons. The number of carbonyl (C=O) groups excluding carboxylic acids is 1. The fraction of sp³-hybridized carbons (Fsp3) is 0.500. The van der Waals surface area contributed by atoms with E-state index >= 15 is 0 Å². The van der Waals surface area contributed by atoms with Gasteiger partial charge in [-0.3, -0.25) is 4.79 Å². The number of benzene rings is 1. The Morgan fingerprint density at radius 1 is 1.24 bits per heavy atom. The van der Waals surface area contributed by atoms with Gasteiger partial charge in [-0.25, -0.2) is 0 Å². The van der Waals surface area contributed by atoms with E-state index in [1.165, 1.54) is 5.56 Å². The van der Waals surface area contributed by atoms with Crippen molar-refractivity contribution < 1.29 is 4.79 Å². The first-order valence-electron chi connectivity index (χ1n) is 6.00. The van der Waals surface area contributed by atoms with Gasteiger partial charge in [-0.05, 0) is 36.6 Å². The van der Waals surface area contributed by atoms with Crippen molar-refractivity contribution in [3.05, 3.63) is 34.9 Å². The van der Waals surface area contributed by atoms with Gasteiger partial charge < -0.3 is 10.6 Å². The smallest absolute Gasteiger partial charge is 0.241 e. The van der Waals surface area contributed by atoms with Crippen molar-refractivity contribution in [1.29, 1.82) is 0 Å². The SMILES string of the molecule is CNC(=O)C(NC)c1cc(C(C)C)ccc1C. The Kier molecular flexibility index (Phi) is 4.70. The summed E-state index contributed by atoms with van der Waals surface area (Å²) in [6.45, 7) is 6.35. The minimum atomic E-state index is -0.279. The zero-order valence-corrected chi connectivity index (χ0v) is 11.3. The van der Waals surface area contributed by atoms with Crippen molar-refractivity contribution in [2.45, 2.75) is 32.7 Å². The third kappa shape index (κ3) is 3.07. The monoisotopic (exact) mass is 234 g/mol. The molecule has 1 aromatic rings. The molecular weight excluding hydrogens is 212 g/mol. The van der Waals surface area contributed by atoms with Gasteiger partial charge in [-0.2, -0.15) is 0 Å². The summed E-state index contributed by atoms with van der Waals surface area (Å²) in [7, 11) is 3.47. The standard InChI is InChI=1S/C14H22N2O/c1-9(2)11-7-6-10(3)12(8-11)13(15-4)14(17)16-5/h6-9,13,15H,1-5H3,(H,16,17). The van der Waals surface area contributed by atoms with Gasteiger partial charge in [0.2, 0.25) is 5.91 Å². The van der Waals surface area contributed by atoms with Gasteiger partial charge >= 0.3 is 0 Å². The highest BCUT2D eigenvalue weighted by Crippen LogP contribution is 2.23. The number of rotatable bonds is 4. The van der Waals surface area contributed by atoms with Crippen LogP contribution in [0.5, 0.6) is 0 Å². The molecule has 0 spiro atoms. The average molecular weight is 234 g/mol. The van der Waals surface area contributed by atoms with E-state index in [1.807, 2.05) is 6.92 Å². The first-order chi connectivity index (χ1) is 8.01. The Bertz CT molecular complexity index is 399. The molecule has 0 aromatic heterocycles. The first-order valence-corrected chi connectivity index (χ1v) is 6.00. The second kappa shape index (κ2) is 5.82. The van der Waals surface area contributed by atoms with E-state index in [1.54, 1.807) is 14.1 Å². The van der Waals surface area contributed by atoms with E-state index in [0.717, 1.165) is 11.1 Å². The summed E-state index contributed by atoms with van der Waals surface area (Å²) in [5.41, 5.74) is 3.45. The average Bonchev–Trinajstić information content (AvgIpc) is 2.31. The van der Waals surface area contributed by atoms with Crippen molar-refractivity contribution in [2.24, 2.45) is 0 Å². The molecule has 1 amide bonds. The first kappa shape index (κ1) is 13.7. The topological polar surface area (TPSA) is 41.1 Å². The van der Waals surface area contributed by atoms with Crippen LogP contribution in [0.25, 0.3) is 0 Å². The van der Waals surface area contributed by atoms with E-state index in [0.29, 0.717) is 5.92 Å². The quantitative estimate of drug-likeness (QED) is 0.838. The largest absolute Gasteiger partial charge is 0.358 e. The van der Waals surface area contributed by atoms with Gasteiger partial charge in [0.05, 0.1) is 0 Å². The van der Waals surface area contributed by atoms with Crippen LogP contribution in [0.3, 0.4) is 0 Å². The van der Waals surface area contributed by atoms with E-state index in [-0.39, 0.29) is 11.9 Å². The number of hydrogen-bond acceptors (Lipinski definition) is 2. The van der Waals surface area contributed by atoms with Crippen LogP contribution in [0.1, 0.15) is 42.5 Å². The highest BCUT2D eigenvalue weighted by Gasteiger charge is 2.19. The molecular formula is C14H22N2O. The predicted octanol–water partition coefficient (Wildman–Crippen LogP) is 2.12. The fourth-order valence-corrected chi connectivity index (χ4v) is 1.90.